The minimum atomic E-state index is -4.89. The Morgan fingerprint density at radius 3 is 2.65 bits per heavy atom. The average Bonchev–Trinajstić information content (AvgIpc) is 2.17. The van der Waals surface area contributed by atoms with Crippen molar-refractivity contribution >= 4 is 6.98 Å². The molecule has 0 aromatic carbocycles. The number of hydrogen-bond acceptors (Lipinski definition) is 2. The van der Waals surface area contributed by atoms with Gasteiger partial charge < -0.3 is 22.6 Å². The molecule has 2 nitrogen and oxygen atoms in total. The van der Waals surface area contributed by atoms with Crippen LogP contribution in [0.4, 0.5) is 12.9 Å². The normalized spacial score (nSPS) is 22.0. The van der Waals surface area contributed by atoms with E-state index in [4.69, 9.17) is 4.74 Å². The van der Waals surface area contributed by atoms with Crippen LogP contribution in [0.15, 0.2) is 12.1 Å². The topological polar surface area (TPSA) is 12.5 Å². The van der Waals surface area contributed by atoms with E-state index in [9.17, 15) is 12.9 Å². The van der Waals surface area contributed by atoms with Gasteiger partial charge in [0.25, 0.3) is 0 Å². The average molecular weight is 275 g/mol. The van der Waals surface area contributed by atoms with Crippen LogP contribution >= 0.6 is 0 Å². The zero-order valence-corrected chi connectivity index (χ0v) is 13.7. The summed E-state index contributed by atoms with van der Waals surface area (Å²) in [6, 6.07) is 0. The molecule has 1 fully saturated rings. The molecule has 1 saturated heterocycles. The first-order chi connectivity index (χ1) is 7.43. The van der Waals surface area contributed by atoms with E-state index in [0.29, 0.717) is 19.1 Å². The predicted molar refractivity (Wildman–Crippen MR) is 59.3 cm³/mol. The largest absolute Gasteiger partial charge is 1.00 e. The quantitative estimate of drug-likeness (QED) is 0.615. The third-order valence-electron chi connectivity index (χ3n) is 2.90. The maximum Gasteiger partial charge on any atom is 1.00 e. The van der Waals surface area contributed by atoms with Crippen LogP contribution in [-0.2, 0) is 4.74 Å². The number of ether oxygens (including phenoxy) is 1. The summed E-state index contributed by atoms with van der Waals surface area (Å²) in [5.41, 5.74) is -0.599. The third kappa shape index (κ3) is 6.75. The zero-order valence-electron chi connectivity index (χ0n) is 10.6. The molecule has 0 bridgehead atoms. The van der Waals surface area contributed by atoms with Crippen molar-refractivity contribution in [3.8, 4) is 0 Å². The first-order valence-corrected chi connectivity index (χ1v) is 5.52. The Morgan fingerprint density at radius 1 is 1.47 bits per heavy atom. The maximum absolute atomic E-state index is 12.4. The fourth-order valence-electron chi connectivity index (χ4n) is 2.06. The summed E-state index contributed by atoms with van der Waals surface area (Å²) < 4.78 is 42.1. The SMILES string of the molecule is C=C(CN1CCCC(COC)C1)[B-](F)(F)F.[K+]. The fourth-order valence-corrected chi connectivity index (χ4v) is 2.06. The fraction of sp³-hybridized carbons (Fsp3) is 0.800. The van der Waals surface area contributed by atoms with Gasteiger partial charge in [0.05, 0.1) is 6.61 Å². The van der Waals surface area contributed by atoms with Crippen LogP contribution in [0.1, 0.15) is 12.8 Å². The molecule has 0 amide bonds. The van der Waals surface area contributed by atoms with Gasteiger partial charge in [0.1, 0.15) is 0 Å². The van der Waals surface area contributed by atoms with Crippen LogP contribution in [0.5, 0.6) is 0 Å². The summed E-state index contributed by atoms with van der Waals surface area (Å²) in [7, 11) is 1.62. The second kappa shape index (κ2) is 8.35. The van der Waals surface area contributed by atoms with Crippen molar-refractivity contribution in [3.05, 3.63) is 12.1 Å². The van der Waals surface area contributed by atoms with Crippen molar-refractivity contribution in [1.29, 1.82) is 0 Å². The van der Waals surface area contributed by atoms with Crippen LogP contribution in [0.25, 0.3) is 0 Å². The third-order valence-corrected chi connectivity index (χ3v) is 2.90. The van der Waals surface area contributed by atoms with Crippen molar-refractivity contribution in [3.63, 3.8) is 0 Å². The molecular formula is C10H18BF3KNO. The number of methoxy groups -OCH3 is 1. The van der Waals surface area contributed by atoms with E-state index >= 15 is 0 Å². The zero-order chi connectivity index (χ0) is 12.2. The Bertz CT molecular complexity index is 248. The summed E-state index contributed by atoms with van der Waals surface area (Å²) in [4.78, 5) is 1.82. The van der Waals surface area contributed by atoms with Crippen LogP contribution in [0.2, 0.25) is 0 Å². The van der Waals surface area contributed by atoms with E-state index in [1.807, 2.05) is 4.90 Å². The van der Waals surface area contributed by atoms with Gasteiger partial charge in [-0.25, -0.2) is 0 Å². The second-order valence-corrected chi connectivity index (χ2v) is 4.43. The van der Waals surface area contributed by atoms with Gasteiger partial charge in [0.15, 0.2) is 0 Å². The Balaban J connectivity index is 0.00000256. The van der Waals surface area contributed by atoms with Crippen molar-refractivity contribution in [1.82, 2.24) is 4.90 Å². The molecule has 0 N–H and O–H groups in total. The van der Waals surface area contributed by atoms with Crippen LogP contribution in [0.3, 0.4) is 0 Å². The van der Waals surface area contributed by atoms with E-state index in [-0.39, 0.29) is 57.9 Å². The van der Waals surface area contributed by atoms with E-state index in [0.717, 1.165) is 19.4 Å². The van der Waals surface area contributed by atoms with Gasteiger partial charge in [0.2, 0.25) is 0 Å². The van der Waals surface area contributed by atoms with Crippen LogP contribution in [-0.4, -0.2) is 45.2 Å². The van der Waals surface area contributed by atoms with Crippen molar-refractivity contribution in [2.75, 3.05) is 33.4 Å². The first-order valence-electron chi connectivity index (χ1n) is 5.52. The molecule has 1 heterocycles. The van der Waals surface area contributed by atoms with Crippen LogP contribution < -0.4 is 51.4 Å². The Kier molecular flexibility index (Phi) is 8.91. The monoisotopic (exact) mass is 275 g/mol. The first kappa shape index (κ1) is 18.2. The molecule has 0 aromatic rings. The van der Waals surface area contributed by atoms with Crippen molar-refractivity contribution in [2.24, 2.45) is 5.92 Å². The van der Waals surface area contributed by atoms with Crippen LogP contribution in [0, 0.1) is 5.92 Å². The van der Waals surface area contributed by atoms with Gasteiger partial charge in [-0.05, 0) is 31.8 Å². The van der Waals surface area contributed by atoms with Gasteiger partial charge in [-0.3, -0.25) is 0 Å². The smallest absolute Gasteiger partial charge is 0.445 e. The molecule has 0 aliphatic carbocycles. The number of nitrogens with zero attached hydrogens (tertiary/aromatic N) is 1. The molecule has 0 saturated carbocycles. The van der Waals surface area contributed by atoms with E-state index in [1.54, 1.807) is 7.11 Å². The molecule has 0 spiro atoms. The summed E-state index contributed by atoms with van der Waals surface area (Å²) in [5, 5.41) is 0. The van der Waals surface area contributed by atoms with E-state index in [2.05, 4.69) is 6.58 Å². The number of halogens is 3. The number of rotatable bonds is 5. The summed E-state index contributed by atoms with van der Waals surface area (Å²) >= 11 is 0. The molecule has 1 unspecified atom stereocenters. The number of piperidine rings is 1. The minimum absolute atomic E-state index is 0. The van der Waals surface area contributed by atoms with Crippen molar-refractivity contribution < 1.29 is 69.1 Å². The minimum Gasteiger partial charge on any atom is -0.445 e. The Morgan fingerprint density at radius 2 is 2.12 bits per heavy atom. The van der Waals surface area contributed by atoms with Gasteiger partial charge in [-0.15, -0.1) is 12.1 Å². The van der Waals surface area contributed by atoms with E-state index < -0.39 is 12.4 Å². The number of likely N-dealkylation sites (tertiary alicyclic amines) is 1. The Hall–Kier alpha value is 1.15. The molecule has 1 rings (SSSR count). The molecule has 0 aromatic heterocycles. The predicted octanol–water partition coefficient (Wildman–Crippen LogP) is -0.708. The molecule has 94 valence electrons. The van der Waals surface area contributed by atoms with Gasteiger partial charge >= 0.3 is 58.4 Å². The van der Waals surface area contributed by atoms with E-state index in [1.165, 1.54) is 0 Å². The molecule has 1 aliphatic rings. The standard InChI is InChI=1S/C10H18BF3NO.K/c1-9(11(12,13)14)6-15-5-3-4-10(7-15)8-16-2;/h10H,1,3-8H2,2H3;/q-1;+1. The Labute approximate surface area is 143 Å². The molecular weight excluding hydrogens is 257 g/mol. The maximum atomic E-state index is 12.4. The van der Waals surface area contributed by atoms with Crippen molar-refractivity contribution in [2.45, 2.75) is 12.8 Å². The number of hydrogen-bond donors (Lipinski definition) is 0. The summed E-state index contributed by atoms with van der Waals surface area (Å²) in [6.45, 7) is 0.209. The molecule has 7 heteroatoms. The molecule has 0 radical (unpaired) electrons. The summed E-state index contributed by atoms with van der Waals surface area (Å²) in [5.74, 6) is 0.354. The second-order valence-electron chi connectivity index (χ2n) is 4.43. The van der Waals surface area contributed by atoms with Gasteiger partial charge in [-0.1, -0.05) is 0 Å². The summed E-state index contributed by atoms with van der Waals surface area (Å²) in [6.07, 6.45) is 1.97. The molecule has 1 atom stereocenters. The molecule has 1 aliphatic heterocycles. The molecule has 17 heavy (non-hydrogen) atoms. The van der Waals surface area contributed by atoms with Gasteiger partial charge in [-0.2, -0.15) is 0 Å². The van der Waals surface area contributed by atoms with Gasteiger partial charge in [0, 0.05) is 13.7 Å².